The van der Waals surface area contributed by atoms with Gasteiger partial charge in [0.1, 0.15) is 4.90 Å². The van der Waals surface area contributed by atoms with E-state index < -0.39 is 10.0 Å². The molecule has 0 bridgehead atoms. The lowest BCUT2D eigenvalue weighted by molar-refractivity contribution is -0.117. The molecule has 0 atom stereocenters. The van der Waals surface area contributed by atoms with E-state index in [1.54, 1.807) is 31.3 Å². The molecule has 0 aromatic heterocycles. The second-order valence-corrected chi connectivity index (χ2v) is 10.5. The summed E-state index contributed by atoms with van der Waals surface area (Å²) in [7, 11) is -0.0102. The van der Waals surface area contributed by atoms with E-state index in [2.05, 4.69) is 10.2 Å². The van der Waals surface area contributed by atoms with Gasteiger partial charge in [-0.25, -0.2) is 8.42 Å². The Bertz CT molecular complexity index is 784. The molecule has 0 aliphatic heterocycles. The average Bonchev–Trinajstić information content (AvgIpc) is 2.74. The SMILES string of the molecule is CN(CC(=O)Nc1ccccc1S(=O)(=O)N(C)C1CCCCC1)C1CCCCC1. The van der Waals surface area contributed by atoms with Gasteiger partial charge in [-0.1, -0.05) is 50.7 Å². The summed E-state index contributed by atoms with van der Waals surface area (Å²) in [6, 6.07) is 7.22. The largest absolute Gasteiger partial charge is 0.324 e. The summed E-state index contributed by atoms with van der Waals surface area (Å²) in [6.45, 7) is 0.275. The molecule has 0 saturated heterocycles. The standard InChI is InChI=1S/C22H35N3O3S/c1-24(18-11-5-3-6-12-18)17-22(26)23-20-15-9-10-16-21(20)29(27,28)25(2)19-13-7-4-8-14-19/h9-10,15-16,18-19H,3-8,11-14,17H2,1-2H3,(H,23,26). The Balaban J connectivity index is 1.70. The molecule has 3 rings (SSSR count). The Kier molecular flexibility index (Phi) is 7.71. The zero-order valence-electron chi connectivity index (χ0n) is 17.8. The molecule has 0 radical (unpaired) electrons. The van der Waals surface area contributed by atoms with Crippen LogP contribution in [0.3, 0.4) is 0 Å². The normalized spacial score (nSPS) is 19.6. The summed E-state index contributed by atoms with van der Waals surface area (Å²) in [6.07, 6.45) is 11.1. The van der Waals surface area contributed by atoms with Gasteiger partial charge in [0.15, 0.2) is 0 Å². The molecular weight excluding hydrogens is 386 g/mol. The molecule has 2 aliphatic carbocycles. The molecule has 0 heterocycles. The zero-order chi connectivity index (χ0) is 20.9. The summed E-state index contributed by atoms with van der Waals surface area (Å²) < 4.78 is 28.0. The van der Waals surface area contributed by atoms with Gasteiger partial charge in [-0.3, -0.25) is 9.69 Å². The first-order valence-electron chi connectivity index (χ1n) is 11.0. The van der Waals surface area contributed by atoms with E-state index in [0.29, 0.717) is 11.7 Å². The molecule has 162 valence electrons. The Morgan fingerprint density at radius 2 is 1.48 bits per heavy atom. The maximum absolute atomic E-state index is 13.3. The van der Waals surface area contributed by atoms with Gasteiger partial charge in [0.25, 0.3) is 0 Å². The number of hydrogen-bond acceptors (Lipinski definition) is 4. The van der Waals surface area contributed by atoms with E-state index in [0.717, 1.165) is 38.5 Å². The lowest BCUT2D eigenvalue weighted by atomic mass is 9.94. The number of benzene rings is 1. The molecule has 2 saturated carbocycles. The number of para-hydroxylation sites is 1. The fraction of sp³-hybridized carbons (Fsp3) is 0.682. The third-order valence-corrected chi connectivity index (χ3v) is 8.47. The number of nitrogens with one attached hydrogen (secondary N) is 1. The van der Waals surface area contributed by atoms with Crippen LogP contribution in [-0.2, 0) is 14.8 Å². The predicted molar refractivity (Wildman–Crippen MR) is 116 cm³/mol. The van der Waals surface area contributed by atoms with Gasteiger partial charge >= 0.3 is 0 Å². The van der Waals surface area contributed by atoms with Crippen LogP contribution in [0, 0.1) is 0 Å². The lowest BCUT2D eigenvalue weighted by Crippen LogP contribution is -2.40. The molecule has 1 aromatic carbocycles. The van der Waals surface area contributed by atoms with E-state index in [4.69, 9.17) is 0 Å². The quantitative estimate of drug-likeness (QED) is 0.726. The number of carbonyl (C=O) groups is 1. The Labute approximate surface area is 175 Å². The van der Waals surface area contributed by atoms with E-state index in [1.807, 2.05) is 7.05 Å². The smallest absolute Gasteiger partial charge is 0.245 e. The highest BCUT2D eigenvalue weighted by Crippen LogP contribution is 2.30. The summed E-state index contributed by atoms with van der Waals surface area (Å²) >= 11 is 0. The molecular formula is C22H35N3O3S. The van der Waals surface area contributed by atoms with Crippen molar-refractivity contribution >= 4 is 21.6 Å². The van der Waals surface area contributed by atoms with Crippen LogP contribution in [0.1, 0.15) is 64.2 Å². The monoisotopic (exact) mass is 421 g/mol. The van der Waals surface area contributed by atoms with Crippen LogP contribution in [-0.4, -0.2) is 56.3 Å². The minimum atomic E-state index is -3.66. The van der Waals surface area contributed by atoms with Crippen molar-refractivity contribution in [3.63, 3.8) is 0 Å². The van der Waals surface area contributed by atoms with Crippen LogP contribution in [0.4, 0.5) is 5.69 Å². The minimum Gasteiger partial charge on any atom is -0.324 e. The second-order valence-electron chi connectivity index (χ2n) is 8.56. The topological polar surface area (TPSA) is 69.7 Å². The van der Waals surface area contributed by atoms with Crippen molar-refractivity contribution in [3.05, 3.63) is 24.3 Å². The molecule has 6 nitrogen and oxygen atoms in total. The molecule has 1 N–H and O–H groups in total. The molecule has 29 heavy (non-hydrogen) atoms. The number of carbonyl (C=O) groups excluding carboxylic acids is 1. The second kappa shape index (κ2) is 10.0. The number of anilines is 1. The molecule has 0 spiro atoms. The van der Waals surface area contributed by atoms with E-state index in [9.17, 15) is 13.2 Å². The first-order chi connectivity index (χ1) is 13.9. The Morgan fingerprint density at radius 3 is 2.10 bits per heavy atom. The van der Waals surface area contributed by atoms with Crippen molar-refractivity contribution in [1.29, 1.82) is 0 Å². The van der Waals surface area contributed by atoms with Crippen molar-refractivity contribution in [2.75, 3.05) is 26.0 Å². The van der Waals surface area contributed by atoms with Crippen LogP contribution in [0.25, 0.3) is 0 Å². The maximum Gasteiger partial charge on any atom is 0.245 e. The number of sulfonamides is 1. The van der Waals surface area contributed by atoms with Crippen LogP contribution in [0.5, 0.6) is 0 Å². The van der Waals surface area contributed by atoms with Gasteiger partial charge < -0.3 is 5.32 Å². The van der Waals surface area contributed by atoms with Gasteiger partial charge in [0.05, 0.1) is 12.2 Å². The Hall–Kier alpha value is -1.44. The molecule has 2 fully saturated rings. The summed E-state index contributed by atoms with van der Waals surface area (Å²) in [5.41, 5.74) is 0.372. The number of nitrogens with zero attached hydrogens (tertiary/aromatic N) is 2. The number of likely N-dealkylation sites (N-methyl/N-ethyl adjacent to an activating group) is 1. The maximum atomic E-state index is 13.3. The van der Waals surface area contributed by atoms with Crippen LogP contribution >= 0.6 is 0 Å². The van der Waals surface area contributed by atoms with Crippen molar-refractivity contribution in [1.82, 2.24) is 9.21 Å². The molecule has 1 aromatic rings. The fourth-order valence-electron chi connectivity index (χ4n) is 4.66. The average molecular weight is 422 g/mol. The van der Waals surface area contributed by atoms with Crippen molar-refractivity contribution in [3.8, 4) is 0 Å². The summed E-state index contributed by atoms with van der Waals surface area (Å²) in [5, 5.41) is 2.86. The third-order valence-electron chi connectivity index (χ3n) is 6.50. The summed E-state index contributed by atoms with van der Waals surface area (Å²) in [4.78, 5) is 14.9. The number of hydrogen-bond donors (Lipinski definition) is 1. The highest BCUT2D eigenvalue weighted by molar-refractivity contribution is 7.89. The lowest BCUT2D eigenvalue weighted by Gasteiger charge is -2.31. The Morgan fingerprint density at radius 1 is 0.931 bits per heavy atom. The van der Waals surface area contributed by atoms with E-state index in [-0.39, 0.29) is 23.4 Å². The van der Waals surface area contributed by atoms with Crippen molar-refractivity contribution < 1.29 is 13.2 Å². The van der Waals surface area contributed by atoms with Crippen LogP contribution in [0.15, 0.2) is 29.2 Å². The van der Waals surface area contributed by atoms with Gasteiger partial charge in [-0.05, 0) is 44.9 Å². The van der Waals surface area contributed by atoms with Crippen molar-refractivity contribution in [2.24, 2.45) is 0 Å². The highest BCUT2D eigenvalue weighted by Gasteiger charge is 2.31. The molecule has 0 unspecified atom stereocenters. The number of amides is 1. The van der Waals surface area contributed by atoms with E-state index in [1.165, 1.54) is 30.0 Å². The first-order valence-corrected chi connectivity index (χ1v) is 12.4. The van der Waals surface area contributed by atoms with Crippen molar-refractivity contribution in [2.45, 2.75) is 81.2 Å². The van der Waals surface area contributed by atoms with Gasteiger partial charge in [0, 0.05) is 19.1 Å². The predicted octanol–water partition coefficient (Wildman–Crippen LogP) is 3.84. The molecule has 2 aliphatic rings. The minimum absolute atomic E-state index is 0.0370. The summed E-state index contributed by atoms with van der Waals surface area (Å²) in [5.74, 6) is -0.166. The van der Waals surface area contributed by atoms with E-state index >= 15 is 0 Å². The molecule has 1 amide bonds. The molecule has 7 heteroatoms. The van der Waals surface area contributed by atoms with Gasteiger partial charge in [-0.15, -0.1) is 0 Å². The fourth-order valence-corrected chi connectivity index (χ4v) is 6.22. The van der Waals surface area contributed by atoms with Gasteiger partial charge in [0.2, 0.25) is 15.9 Å². The van der Waals surface area contributed by atoms with Crippen LogP contribution in [0.2, 0.25) is 0 Å². The zero-order valence-corrected chi connectivity index (χ0v) is 18.6. The van der Waals surface area contributed by atoms with Gasteiger partial charge in [-0.2, -0.15) is 4.31 Å². The third kappa shape index (κ3) is 5.58. The highest BCUT2D eigenvalue weighted by atomic mass is 32.2. The van der Waals surface area contributed by atoms with Crippen LogP contribution < -0.4 is 5.32 Å². The number of rotatable bonds is 7. The first kappa shape index (κ1) is 22.2.